The Hall–Kier alpha value is -3.74. The first-order valence-corrected chi connectivity index (χ1v) is 9.75. The Morgan fingerprint density at radius 1 is 0.839 bits per heavy atom. The minimum atomic E-state index is -0.509. The highest BCUT2D eigenvalue weighted by Crippen LogP contribution is 2.34. The molecular weight excluding hydrogens is 398 g/mol. The van der Waals surface area contributed by atoms with Gasteiger partial charge in [-0.2, -0.15) is 0 Å². The Balaban J connectivity index is 1.87. The summed E-state index contributed by atoms with van der Waals surface area (Å²) in [5.74, 6) is -0.0990. The Kier molecular flexibility index (Phi) is 6.65. The molecule has 3 rings (SSSR count). The number of nitrogens with one attached hydrogen (secondary N) is 1. The van der Waals surface area contributed by atoms with Crippen LogP contribution in [0.2, 0.25) is 0 Å². The third kappa shape index (κ3) is 4.88. The van der Waals surface area contributed by atoms with Crippen LogP contribution in [0.15, 0.2) is 71.1 Å². The summed E-state index contributed by atoms with van der Waals surface area (Å²) in [5.41, 5.74) is 3.01. The summed E-state index contributed by atoms with van der Waals surface area (Å²) in [6.07, 6.45) is 0.407. The number of ether oxygens (including phenoxy) is 3. The second-order valence-electron chi connectivity index (χ2n) is 7.18. The molecular formula is C24H25NO6. The third-order valence-electron chi connectivity index (χ3n) is 5.13. The summed E-state index contributed by atoms with van der Waals surface area (Å²) in [4.78, 5) is 25.0. The Bertz CT molecular complexity index is 997. The largest absolute Gasteiger partial charge is 0.508 e. The number of carbonyl (C=O) groups excluding carboxylic acids is 2. The Labute approximate surface area is 180 Å². The van der Waals surface area contributed by atoms with Crippen molar-refractivity contribution in [2.75, 3.05) is 14.2 Å². The van der Waals surface area contributed by atoms with Crippen molar-refractivity contribution in [2.45, 2.75) is 20.3 Å². The average Bonchev–Trinajstić information content (AvgIpc) is 2.75. The highest BCUT2D eigenvalue weighted by Gasteiger charge is 2.36. The normalized spacial score (nSPS) is 14.2. The van der Waals surface area contributed by atoms with Gasteiger partial charge in [-0.15, -0.1) is 0 Å². The van der Waals surface area contributed by atoms with Gasteiger partial charge in [-0.05, 0) is 62.2 Å². The highest BCUT2D eigenvalue weighted by atomic mass is 16.5. The molecule has 162 valence electrons. The molecule has 7 heteroatoms. The number of hydrogen-bond acceptors (Lipinski definition) is 7. The van der Waals surface area contributed by atoms with Gasteiger partial charge in [-0.25, -0.2) is 9.59 Å². The topological polar surface area (TPSA) is 94.1 Å². The molecule has 1 heterocycles. The van der Waals surface area contributed by atoms with Crippen molar-refractivity contribution in [3.8, 4) is 17.2 Å². The number of hydrogen-bond donors (Lipinski definition) is 2. The van der Waals surface area contributed by atoms with Crippen LogP contribution in [0.25, 0.3) is 0 Å². The van der Waals surface area contributed by atoms with Gasteiger partial charge in [-0.3, -0.25) is 0 Å². The molecule has 0 saturated heterocycles. The number of rotatable bonds is 6. The average molecular weight is 423 g/mol. The van der Waals surface area contributed by atoms with Gasteiger partial charge in [-0.1, -0.05) is 12.1 Å². The molecule has 0 aliphatic carbocycles. The van der Waals surface area contributed by atoms with E-state index in [1.807, 2.05) is 24.3 Å². The van der Waals surface area contributed by atoms with Crippen LogP contribution in [-0.2, 0) is 25.5 Å². The van der Waals surface area contributed by atoms with E-state index in [4.69, 9.17) is 14.2 Å². The number of aromatic hydroxyl groups is 1. The molecule has 0 spiro atoms. The minimum Gasteiger partial charge on any atom is -0.508 e. The van der Waals surface area contributed by atoms with Gasteiger partial charge >= 0.3 is 11.9 Å². The molecule has 1 aliphatic heterocycles. The van der Waals surface area contributed by atoms with E-state index in [2.05, 4.69) is 5.32 Å². The number of carbonyl (C=O) groups is 2. The SMILES string of the molecule is COC(=O)C1=C(C)NC(C)=C(C(=O)OC)C1Cc1ccc(Oc2ccc(O)cc2)cc1. The number of dihydropyridines is 1. The molecule has 1 aliphatic rings. The second kappa shape index (κ2) is 9.38. The molecule has 0 atom stereocenters. The second-order valence-corrected chi connectivity index (χ2v) is 7.18. The fraction of sp³-hybridized carbons (Fsp3) is 0.250. The first-order valence-electron chi connectivity index (χ1n) is 9.75. The van der Waals surface area contributed by atoms with E-state index in [1.165, 1.54) is 14.2 Å². The predicted octanol–water partition coefficient (Wildman–Crippen LogP) is 3.84. The number of benzene rings is 2. The fourth-order valence-corrected chi connectivity index (χ4v) is 3.68. The lowest BCUT2D eigenvalue weighted by atomic mass is 9.81. The molecule has 7 nitrogen and oxygen atoms in total. The van der Waals surface area contributed by atoms with Crippen LogP contribution < -0.4 is 10.1 Å². The molecule has 0 saturated carbocycles. The van der Waals surface area contributed by atoms with Crippen LogP contribution in [0.4, 0.5) is 0 Å². The van der Waals surface area contributed by atoms with Gasteiger partial charge in [0.05, 0.1) is 25.4 Å². The van der Waals surface area contributed by atoms with E-state index < -0.39 is 17.9 Å². The number of phenols is 1. The Morgan fingerprint density at radius 2 is 1.29 bits per heavy atom. The molecule has 0 fully saturated rings. The minimum absolute atomic E-state index is 0.166. The van der Waals surface area contributed by atoms with Crippen LogP contribution >= 0.6 is 0 Å². The van der Waals surface area contributed by atoms with Gasteiger partial charge in [0, 0.05) is 17.3 Å². The molecule has 2 aromatic carbocycles. The van der Waals surface area contributed by atoms with Crippen molar-refractivity contribution in [1.82, 2.24) is 5.32 Å². The maximum atomic E-state index is 12.5. The number of methoxy groups -OCH3 is 2. The van der Waals surface area contributed by atoms with E-state index in [0.29, 0.717) is 40.5 Å². The molecule has 2 aromatic rings. The lowest BCUT2D eigenvalue weighted by molar-refractivity contribution is -0.137. The lowest BCUT2D eigenvalue weighted by Crippen LogP contribution is -2.34. The first kappa shape index (κ1) is 22.0. The maximum Gasteiger partial charge on any atom is 0.336 e. The zero-order chi connectivity index (χ0) is 22.5. The summed E-state index contributed by atoms with van der Waals surface area (Å²) >= 11 is 0. The zero-order valence-electron chi connectivity index (χ0n) is 17.9. The third-order valence-corrected chi connectivity index (χ3v) is 5.13. The summed E-state index contributed by atoms with van der Waals surface area (Å²) in [5, 5.41) is 12.5. The zero-order valence-corrected chi connectivity index (χ0v) is 17.9. The molecule has 0 amide bonds. The highest BCUT2D eigenvalue weighted by molar-refractivity contribution is 5.97. The van der Waals surface area contributed by atoms with E-state index in [-0.39, 0.29) is 5.75 Å². The summed E-state index contributed by atoms with van der Waals surface area (Å²) in [7, 11) is 2.64. The van der Waals surface area contributed by atoms with E-state index in [0.717, 1.165) is 5.56 Å². The standard InChI is InChI=1S/C24H25NO6/c1-14-21(23(27)29-3)20(22(15(2)25-14)24(28)30-4)13-16-5-9-18(10-6-16)31-19-11-7-17(26)8-12-19/h5-12,20,25-26H,13H2,1-4H3. The predicted molar refractivity (Wildman–Crippen MR) is 114 cm³/mol. The maximum absolute atomic E-state index is 12.5. The van der Waals surface area contributed by atoms with E-state index in [9.17, 15) is 14.7 Å². The lowest BCUT2D eigenvalue weighted by Gasteiger charge is -2.29. The number of allylic oxidation sites excluding steroid dienone is 2. The van der Waals surface area contributed by atoms with Crippen molar-refractivity contribution in [1.29, 1.82) is 0 Å². The van der Waals surface area contributed by atoms with Crippen LogP contribution in [-0.4, -0.2) is 31.3 Å². The van der Waals surface area contributed by atoms with Gasteiger partial charge in [0.15, 0.2) is 0 Å². The van der Waals surface area contributed by atoms with Gasteiger partial charge < -0.3 is 24.6 Å². The van der Waals surface area contributed by atoms with E-state index >= 15 is 0 Å². The first-order chi connectivity index (χ1) is 14.8. The van der Waals surface area contributed by atoms with E-state index in [1.54, 1.807) is 38.1 Å². The molecule has 0 radical (unpaired) electrons. The smallest absolute Gasteiger partial charge is 0.336 e. The molecule has 31 heavy (non-hydrogen) atoms. The quantitative estimate of drug-likeness (QED) is 0.682. The fourth-order valence-electron chi connectivity index (χ4n) is 3.68. The number of phenolic OH excluding ortho intramolecular Hbond substituents is 1. The number of esters is 2. The monoisotopic (exact) mass is 423 g/mol. The Morgan fingerprint density at radius 3 is 1.74 bits per heavy atom. The van der Waals surface area contributed by atoms with Crippen molar-refractivity contribution in [3.05, 3.63) is 76.6 Å². The van der Waals surface area contributed by atoms with Crippen LogP contribution in [0.3, 0.4) is 0 Å². The molecule has 0 aromatic heterocycles. The molecule has 0 unspecified atom stereocenters. The molecule has 2 N–H and O–H groups in total. The summed E-state index contributed by atoms with van der Waals surface area (Å²) in [6.45, 7) is 3.57. The van der Waals surface area contributed by atoms with Gasteiger partial charge in [0.2, 0.25) is 0 Å². The van der Waals surface area contributed by atoms with Gasteiger partial charge in [0.1, 0.15) is 17.2 Å². The van der Waals surface area contributed by atoms with Crippen molar-refractivity contribution in [3.63, 3.8) is 0 Å². The van der Waals surface area contributed by atoms with Gasteiger partial charge in [0.25, 0.3) is 0 Å². The molecule has 0 bridgehead atoms. The van der Waals surface area contributed by atoms with Crippen molar-refractivity contribution in [2.24, 2.45) is 5.92 Å². The van der Waals surface area contributed by atoms with Crippen LogP contribution in [0.1, 0.15) is 19.4 Å². The summed E-state index contributed by atoms with van der Waals surface area (Å²) < 4.78 is 15.7. The summed E-state index contributed by atoms with van der Waals surface area (Å²) in [6, 6.07) is 13.8. The van der Waals surface area contributed by atoms with Crippen LogP contribution in [0, 0.1) is 5.92 Å². The van der Waals surface area contributed by atoms with Crippen molar-refractivity contribution >= 4 is 11.9 Å². The van der Waals surface area contributed by atoms with Crippen molar-refractivity contribution < 1.29 is 28.9 Å². The van der Waals surface area contributed by atoms with Crippen LogP contribution in [0.5, 0.6) is 17.2 Å².